The van der Waals surface area contributed by atoms with E-state index in [2.05, 4.69) is 13.8 Å². The highest BCUT2D eigenvalue weighted by Crippen LogP contribution is 2.38. The molecule has 1 aliphatic rings. The van der Waals surface area contributed by atoms with Crippen LogP contribution in [0.3, 0.4) is 0 Å². The van der Waals surface area contributed by atoms with Gasteiger partial charge in [-0.3, -0.25) is 14.2 Å². The lowest BCUT2D eigenvalue weighted by molar-refractivity contribution is -0.870. The van der Waals surface area contributed by atoms with Crippen molar-refractivity contribution in [2.75, 3.05) is 47.5 Å². The first-order valence-corrected chi connectivity index (χ1v) is 24.9. The maximum Gasteiger partial charge on any atom is 0.306 e. The van der Waals surface area contributed by atoms with Crippen LogP contribution in [0.2, 0.25) is 0 Å². The van der Waals surface area contributed by atoms with Crippen molar-refractivity contribution < 1.29 is 62.1 Å². The van der Waals surface area contributed by atoms with Crippen LogP contribution in [0.5, 0.6) is 0 Å². The average Bonchev–Trinajstić information content (AvgIpc) is 3.18. The molecule has 14 heteroatoms. The monoisotopic (exact) mass is 876 g/mol. The summed E-state index contributed by atoms with van der Waals surface area (Å²) >= 11 is 0. The minimum absolute atomic E-state index is 0.0730. The molecule has 1 aliphatic heterocycles. The predicted octanol–water partition coefficient (Wildman–Crippen LogP) is 8.61. The summed E-state index contributed by atoms with van der Waals surface area (Å²) in [4.78, 5) is 37.8. The number of likely N-dealkylation sites (N-methyl/N-ethyl adjacent to an activating group) is 1. The number of phosphoric acid groups is 1. The summed E-state index contributed by atoms with van der Waals surface area (Å²) in [6.45, 7) is 3.82. The molecule has 1 fully saturated rings. The van der Waals surface area contributed by atoms with Crippen molar-refractivity contribution in [2.24, 2.45) is 5.92 Å². The Balaban J connectivity index is 2.50. The fourth-order valence-corrected chi connectivity index (χ4v) is 7.72. The van der Waals surface area contributed by atoms with E-state index >= 15 is 0 Å². The third kappa shape index (κ3) is 32.1. The Morgan fingerprint density at radius 2 is 1.35 bits per heavy atom. The topological polar surface area (TPSA) is 181 Å². The zero-order valence-corrected chi connectivity index (χ0v) is 39.1. The van der Waals surface area contributed by atoms with E-state index in [9.17, 15) is 34.4 Å². The van der Waals surface area contributed by atoms with E-state index in [-0.39, 0.29) is 38.4 Å². The molecule has 2 unspecified atom stereocenters. The number of hydrogen-bond acceptors (Lipinski definition) is 12. The number of esters is 2. The van der Waals surface area contributed by atoms with Crippen LogP contribution in [-0.2, 0) is 37.4 Å². The molecule has 7 atom stereocenters. The molecule has 352 valence electrons. The van der Waals surface area contributed by atoms with Crippen molar-refractivity contribution in [3.05, 3.63) is 24.3 Å². The summed E-state index contributed by atoms with van der Waals surface area (Å²) < 4.78 is 39.6. The van der Waals surface area contributed by atoms with Crippen LogP contribution in [0.25, 0.3) is 0 Å². The number of carbonyl (C=O) groups is 2. The van der Waals surface area contributed by atoms with Crippen LogP contribution in [0, 0.1) is 5.92 Å². The predicted molar refractivity (Wildman–Crippen MR) is 235 cm³/mol. The molecule has 0 aromatic carbocycles. The van der Waals surface area contributed by atoms with Gasteiger partial charge < -0.3 is 48.0 Å². The number of aliphatic hydroxyl groups excluding tert-OH is 3. The van der Waals surface area contributed by atoms with E-state index in [1.165, 1.54) is 70.6 Å². The van der Waals surface area contributed by atoms with Crippen molar-refractivity contribution in [2.45, 2.75) is 205 Å². The maximum atomic E-state index is 12.7. The van der Waals surface area contributed by atoms with E-state index in [1.807, 2.05) is 33.3 Å². The van der Waals surface area contributed by atoms with Crippen molar-refractivity contribution in [1.82, 2.24) is 0 Å². The smallest absolute Gasteiger partial charge is 0.306 e. The lowest BCUT2D eigenvalue weighted by atomic mass is 9.87. The number of quaternary nitrogens is 1. The molecule has 13 nitrogen and oxygen atoms in total. The van der Waals surface area contributed by atoms with Crippen molar-refractivity contribution in [3.8, 4) is 0 Å². The molecule has 0 amide bonds. The van der Waals surface area contributed by atoms with E-state index in [1.54, 1.807) is 12.2 Å². The quantitative estimate of drug-likeness (QED) is 0.0177. The highest BCUT2D eigenvalue weighted by molar-refractivity contribution is 7.45. The third-order valence-electron chi connectivity index (χ3n) is 10.8. The minimum atomic E-state index is -4.69. The summed E-state index contributed by atoms with van der Waals surface area (Å²) in [5.74, 6) is -1.33. The number of allylic oxidation sites excluding steroid dienone is 2. The Bertz CT molecular complexity index is 1190. The van der Waals surface area contributed by atoms with Crippen LogP contribution in [0.15, 0.2) is 24.3 Å². The molecule has 0 bridgehead atoms. The Kier molecular flexibility index (Phi) is 32.7. The van der Waals surface area contributed by atoms with E-state index in [0.717, 1.165) is 38.5 Å². The second-order valence-electron chi connectivity index (χ2n) is 17.7. The van der Waals surface area contributed by atoms with Crippen LogP contribution >= 0.6 is 7.82 Å². The van der Waals surface area contributed by atoms with Crippen LogP contribution in [0.4, 0.5) is 0 Å². The SMILES string of the molecule is CCCCCCCCCCCCCCCCCC(=O)O[C@H](COC(=O)CCC/C=C\C[C@H]1[C@@H](O)CC(O)O[C@@H]1/C=C/[C@@H](O)CCCCC)COP(=O)([O-])OCC[N+](C)(C)C. The molecule has 0 aromatic rings. The molecule has 0 radical (unpaired) electrons. The number of ether oxygens (including phenoxy) is 3. The van der Waals surface area contributed by atoms with E-state index in [4.69, 9.17) is 23.3 Å². The molecule has 0 aromatic heterocycles. The molecule has 0 saturated carbocycles. The van der Waals surface area contributed by atoms with Gasteiger partial charge in [0.25, 0.3) is 7.82 Å². The molecule has 0 aliphatic carbocycles. The first-order chi connectivity index (χ1) is 28.7. The summed E-state index contributed by atoms with van der Waals surface area (Å²) in [7, 11) is 1.02. The van der Waals surface area contributed by atoms with Crippen molar-refractivity contribution >= 4 is 19.8 Å². The maximum absolute atomic E-state index is 12.7. The lowest BCUT2D eigenvalue weighted by Crippen LogP contribution is -2.43. The molecular weight excluding hydrogens is 789 g/mol. The Morgan fingerprint density at radius 1 is 0.783 bits per heavy atom. The lowest BCUT2D eigenvalue weighted by Gasteiger charge is -2.36. The van der Waals surface area contributed by atoms with Gasteiger partial charge in [0.2, 0.25) is 0 Å². The van der Waals surface area contributed by atoms with Gasteiger partial charge in [-0.25, -0.2) is 0 Å². The van der Waals surface area contributed by atoms with Gasteiger partial charge >= 0.3 is 11.9 Å². The minimum Gasteiger partial charge on any atom is -0.756 e. The fraction of sp³-hybridized carbons (Fsp3) is 0.870. The largest absolute Gasteiger partial charge is 0.756 e. The molecular formula is C46H86NO12P. The average molecular weight is 876 g/mol. The number of aliphatic hydroxyl groups is 3. The molecule has 0 spiro atoms. The fourth-order valence-electron chi connectivity index (χ4n) is 6.99. The van der Waals surface area contributed by atoms with Gasteiger partial charge in [0, 0.05) is 25.2 Å². The highest BCUT2D eigenvalue weighted by Gasteiger charge is 2.35. The van der Waals surface area contributed by atoms with Crippen LogP contribution < -0.4 is 4.89 Å². The zero-order valence-electron chi connectivity index (χ0n) is 38.2. The normalized spacial score (nSPS) is 20.7. The standard InChI is InChI=1S/C46H86NO12P/c1-6-8-10-11-12-13-14-15-16-17-18-19-20-21-27-31-45(51)58-40(38-57-60(53,54)56-35-34-47(3,4)5)37-55-44(50)30-26-23-22-25-29-41-42(49)36-46(52)59-43(41)33-32-39(48)28-24-9-7-2/h22,25,32-33,39-43,46,48-49,52H,6-21,23-24,26-31,34-38H2,1-5H3/b25-22-,33-32+/t39-,40+,41-,42-,43+,46?/m0/s1. The zero-order chi connectivity index (χ0) is 44.5. The van der Waals surface area contributed by atoms with Gasteiger partial charge in [-0.2, -0.15) is 0 Å². The number of phosphoric ester groups is 1. The molecule has 1 heterocycles. The van der Waals surface area contributed by atoms with E-state index < -0.39 is 57.1 Å². The summed E-state index contributed by atoms with van der Waals surface area (Å²) in [5.41, 5.74) is 0. The summed E-state index contributed by atoms with van der Waals surface area (Å²) in [5, 5.41) is 31.0. The summed E-state index contributed by atoms with van der Waals surface area (Å²) in [6.07, 6.45) is 26.8. The first-order valence-electron chi connectivity index (χ1n) is 23.4. The molecule has 1 rings (SSSR count). The third-order valence-corrected chi connectivity index (χ3v) is 11.7. The second kappa shape index (κ2) is 34.8. The summed E-state index contributed by atoms with van der Waals surface area (Å²) in [6, 6.07) is 0. The Labute approximate surface area is 363 Å². The number of rotatable bonds is 38. The first kappa shape index (κ1) is 56.3. The van der Waals surface area contributed by atoms with Gasteiger partial charge in [0.15, 0.2) is 12.4 Å². The Morgan fingerprint density at radius 3 is 1.95 bits per heavy atom. The second-order valence-corrected chi connectivity index (χ2v) is 19.1. The number of carbonyl (C=O) groups excluding carboxylic acids is 2. The van der Waals surface area contributed by atoms with Gasteiger partial charge in [-0.15, -0.1) is 0 Å². The molecule has 60 heavy (non-hydrogen) atoms. The number of unbranched alkanes of at least 4 members (excludes halogenated alkanes) is 17. The Hall–Kier alpha value is -1.67. The van der Waals surface area contributed by atoms with Crippen LogP contribution in [-0.4, -0.2) is 110 Å². The van der Waals surface area contributed by atoms with E-state index in [0.29, 0.717) is 43.1 Å². The van der Waals surface area contributed by atoms with Gasteiger partial charge in [0.1, 0.15) is 19.8 Å². The number of hydrogen-bond donors (Lipinski definition) is 3. The molecule has 1 saturated heterocycles. The van der Waals surface area contributed by atoms with Crippen LogP contribution in [0.1, 0.15) is 174 Å². The van der Waals surface area contributed by atoms with Gasteiger partial charge in [-0.1, -0.05) is 147 Å². The van der Waals surface area contributed by atoms with Gasteiger partial charge in [0.05, 0.1) is 46.1 Å². The highest BCUT2D eigenvalue weighted by atomic mass is 31.2. The number of nitrogens with zero attached hydrogens (tertiary/aromatic N) is 1. The van der Waals surface area contributed by atoms with Gasteiger partial charge in [-0.05, 0) is 32.1 Å². The van der Waals surface area contributed by atoms with Crippen molar-refractivity contribution in [1.29, 1.82) is 0 Å². The van der Waals surface area contributed by atoms with Crippen molar-refractivity contribution in [3.63, 3.8) is 0 Å². The molecule has 3 N–H and O–H groups in total.